The standard InChI is InChI=1S/C19H24N4O2S.HI/c1-20-19(22-13-16-7-4-10-26-16)21-12-14-5-2-6-15(11-14)23-18(24)17-8-3-9-25-17;/h2,4-7,10-11,17H,3,8-9,12-13H2,1H3,(H,23,24)(H2,20,21,22);1H. The molecule has 0 saturated carbocycles. The average Bonchev–Trinajstić information content (AvgIpc) is 3.36. The second kappa shape index (κ2) is 11.3. The molecule has 0 radical (unpaired) electrons. The Kier molecular flexibility index (Phi) is 9.02. The van der Waals surface area contributed by atoms with Crippen LogP contribution in [0.4, 0.5) is 5.69 Å². The molecule has 3 N–H and O–H groups in total. The molecule has 2 aromatic rings. The highest BCUT2D eigenvalue weighted by Crippen LogP contribution is 2.16. The molecule has 0 bridgehead atoms. The number of amides is 1. The minimum absolute atomic E-state index is 0. The van der Waals surface area contributed by atoms with Crippen LogP contribution in [0.25, 0.3) is 0 Å². The predicted octanol–water partition coefficient (Wildman–Crippen LogP) is 3.35. The van der Waals surface area contributed by atoms with Crippen molar-refractivity contribution in [2.24, 2.45) is 4.99 Å². The lowest BCUT2D eigenvalue weighted by Crippen LogP contribution is -2.36. The third kappa shape index (κ3) is 6.78. The van der Waals surface area contributed by atoms with Crippen molar-refractivity contribution in [1.29, 1.82) is 0 Å². The highest BCUT2D eigenvalue weighted by molar-refractivity contribution is 14.0. The highest BCUT2D eigenvalue weighted by Gasteiger charge is 2.23. The number of thiophene rings is 1. The Labute approximate surface area is 180 Å². The van der Waals surface area contributed by atoms with Gasteiger partial charge < -0.3 is 20.7 Å². The van der Waals surface area contributed by atoms with Crippen molar-refractivity contribution < 1.29 is 9.53 Å². The zero-order valence-corrected chi connectivity index (χ0v) is 18.4. The molecule has 0 spiro atoms. The van der Waals surface area contributed by atoms with E-state index in [9.17, 15) is 4.79 Å². The fourth-order valence-corrected chi connectivity index (χ4v) is 3.40. The van der Waals surface area contributed by atoms with Crippen molar-refractivity contribution in [3.05, 3.63) is 52.2 Å². The van der Waals surface area contributed by atoms with Crippen LogP contribution in [0.2, 0.25) is 0 Å². The van der Waals surface area contributed by atoms with Gasteiger partial charge in [0.1, 0.15) is 6.10 Å². The maximum Gasteiger partial charge on any atom is 0.253 e. The molecule has 1 aromatic carbocycles. The first-order chi connectivity index (χ1) is 12.7. The van der Waals surface area contributed by atoms with Gasteiger partial charge in [0.2, 0.25) is 0 Å². The lowest BCUT2D eigenvalue weighted by atomic mass is 10.2. The van der Waals surface area contributed by atoms with Crippen molar-refractivity contribution >= 4 is 52.9 Å². The van der Waals surface area contributed by atoms with Crippen LogP contribution in [0.15, 0.2) is 46.8 Å². The molecule has 1 unspecified atom stereocenters. The number of carbonyl (C=O) groups is 1. The fraction of sp³-hybridized carbons (Fsp3) is 0.368. The van der Waals surface area contributed by atoms with Gasteiger partial charge in [-0.2, -0.15) is 0 Å². The summed E-state index contributed by atoms with van der Waals surface area (Å²) < 4.78 is 5.42. The number of hydrogen-bond donors (Lipinski definition) is 3. The summed E-state index contributed by atoms with van der Waals surface area (Å²) in [6.45, 7) is 2.03. The number of aliphatic imine (C=N–C) groups is 1. The first-order valence-corrected chi connectivity index (χ1v) is 9.61. The molecule has 1 aliphatic heterocycles. The zero-order valence-electron chi connectivity index (χ0n) is 15.2. The Hall–Kier alpha value is -1.65. The minimum atomic E-state index is -0.322. The van der Waals surface area contributed by atoms with Crippen LogP contribution in [0, 0.1) is 0 Å². The number of anilines is 1. The first kappa shape index (κ1) is 21.6. The van der Waals surface area contributed by atoms with Gasteiger partial charge in [-0.25, -0.2) is 0 Å². The Morgan fingerprint density at radius 2 is 2.11 bits per heavy atom. The van der Waals surface area contributed by atoms with E-state index in [1.165, 1.54) is 4.88 Å². The smallest absolute Gasteiger partial charge is 0.253 e. The van der Waals surface area contributed by atoms with Gasteiger partial charge in [-0.15, -0.1) is 35.3 Å². The van der Waals surface area contributed by atoms with Crippen LogP contribution in [-0.4, -0.2) is 31.6 Å². The van der Waals surface area contributed by atoms with Crippen molar-refractivity contribution in [3.8, 4) is 0 Å². The highest BCUT2D eigenvalue weighted by atomic mass is 127. The van der Waals surface area contributed by atoms with E-state index >= 15 is 0 Å². The van der Waals surface area contributed by atoms with Gasteiger partial charge in [0.05, 0.1) is 6.54 Å². The molecule has 1 fully saturated rings. The topological polar surface area (TPSA) is 74.8 Å². The Balaban J connectivity index is 0.00000261. The number of guanidine groups is 1. The molecule has 3 rings (SSSR count). The molecular formula is C19H25IN4O2S. The molecule has 1 amide bonds. The van der Waals surface area contributed by atoms with Crippen molar-refractivity contribution in [2.45, 2.75) is 32.0 Å². The van der Waals surface area contributed by atoms with Crippen molar-refractivity contribution in [2.75, 3.05) is 19.0 Å². The zero-order chi connectivity index (χ0) is 18.2. The van der Waals surface area contributed by atoms with Crippen LogP contribution in [-0.2, 0) is 22.6 Å². The minimum Gasteiger partial charge on any atom is -0.368 e. The van der Waals surface area contributed by atoms with Gasteiger partial charge in [0, 0.05) is 30.8 Å². The Morgan fingerprint density at radius 3 is 2.81 bits per heavy atom. The maximum absolute atomic E-state index is 12.2. The largest absolute Gasteiger partial charge is 0.368 e. The molecule has 146 valence electrons. The lowest BCUT2D eigenvalue weighted by Gasteiger charge is -2.13. The monoisotopic (exact) mass is 500 g/mol. The van der Waals surface area contributed by atoms with Gasteiger partial charge in [-0.05, 0) is 42.0 Å². The van der Waals surface area contributed by atoms with Crippen LogP contribution >= 0.6 is 35.3 Å². The van der Waals surface area contributed by atoms with E-state index in [4.69, 9.17) is 4.74 Å². The SMILES string of the molecule is CN=C(NCc1cccc(NC(=O)C2CCCO2)c1)NCc1cccs1.I. The molecule has 1 atom stereocenters. The van der Waals surface area contributed by atoms with E-state index in [2.05, 4.69) is 32.4 Å². The Morgan fingerprint density at radius 1 is 1.26 bits per heavy atom. The molecule has 2 heterocycles. The predicted molar refractivity (Wildman–Crippen MR) is 121 cm³/mol. The van der Waals surface area contributed by atoms with Gasteiger partial charge in [-0.1, -0.05) is 18.2 Å². The van der Waals surface area contributed by atoms with Gasteiger partial charge >= 0.3 is 0 Å². The third-order valence-corrected chi connectivity index (χ3v) is 4.99. The van der Waals surface area contributed by atoms with Gasteiger partial charge in [0.15, 0.2) is 5.96 Å². The second-order valence-electron chi connectivity index (χ2n) is 6.05. The molecule has 27 heavy (non-hydrogen) atoms. The van der Waals surface area contributed by atoms with E-state index in [-0.39, 0.29) is 36.0 Å². The summed E-state index contributed by atoms with van der Waals surface area (Å²) in [5.74, 6) is 0.674. The van der Waals surface area contributed by atoms with E-state index in [1.54, 1.807) is 18.4 Å². The van der Waals surface area contributed by atoms with Gasteiger partial charge in [-0.3, -0.25) is 9.79 Å². The fourth-order valence-electron chi connectivity index (χ4n) is 2.76. The number of nitrogens with zero attached hydrogens (tertiary/aromatic N) is 1. The third-order valence-electron chi connectivity index (χ3n) is 4.11. The number of rotatable bonds is 6. The summed E-state index contributed by atoms with van der Waals surface area (Å²) in [5.41, 5.74) is 1.85. The summed E-state index contributed by atoms with van der Waals surface area (Å²) in [5, 5.41) is 11.6. The van der Waals surface area contributed by atoms with Crippen LogP contribution in [0.3, 0.4) is 0 Å². The van der Waals surface area contributed by atoms with Crippen LogP contribution < -0.4 is 16.0 Å². The molecule has 8 heteroatoms. The Bertz CT molecular complexity index is 746. The average molecular weight is 500 g/mol. The molecule has 1 aromatic heterocycles. The normalized spacial score (nSPS) is 16.5. The second-order valence-corrected chi connectivity index (χ2v) is 7.08. The summed E-state index contributed by atoms with van der Waals surface area (Å²) in [4.78, 5) is 17.7. The van der Waals surface area contributed by atoms with E-state index in [1.807, 2.05) is 30.3 Å². The number of halogens is 1. The quantitative estimate of drug-likeness (QED) is 0.323. The number of nitrogens with one attached hydrogen (secondary N) is 3. The lowest BCUT2D eigenvalue weighted by molar-refractivity contribution is -0.124. The molecule has 1 aliphatic rings. The summed E-state index contributed by atoms with van der Waals surface area (Å²) in [7, 11) is 1.75. The summed E-state index contributed by atoms with van der Waals surface area (Å²) in [6, 6.07) is 11.9. The maximum atomic E-state index is 12.2. The summed E-state index contributed by atoms with van der Waals surface area (Å²) in [6.07, 6.45) is 1.41. The summed E-state index contributed by atoms with van der Waals surface area (Å²) >= 11 is 1.71. The van der Waals surface area contributed by atoms with E-state index in [0.29, 0.717) is 13.2 Å². The van der Waals surface area contributed by atoms with Crippen LogP contribution in [0.1, 0.15) is 23.3 Å². The molecule has 1 saturated heterocycles. The van der Waals surface area contributed by atoms with Crippen molar-refractivity contribution in [1.82, 2.24) is 10.6 Å². The number of benzene rings is 1. The van der Waals surface area contributed by atoms with Crippen LogP contribution in [0.5, 0.6) is 0 Å². The number of ether oxygens (including phenoxy) is 1. The number of hydrogen-bond acceptors (Lipinski definition) is 4. The molecular weight excluding hydrogens is 475 g/mol. The van der Waals surface area contributed by atoms with E-state index < -0.39 is 0 Å². The first-order valence-electron chi connectivity index (χ1n) is 8.73. The molecule has 0 aliphatic carbocycles. The van der Waals surface area contributed by atoms with E-state index in [0.717, 1.165) is 36.6 Å². The van der Waals surface area contributed by atoms with Crippen molar-refractivity contribution in [3.63, 3.8) is 0 Å². The van der Waals surface area contributed by atoms with Gasteiger partial charge in [0.25, 0.3) is 5.91 Å². The number of carbonyl (C=O) groups excluding carboxylic acids is 1. The molecule has 6 nitrogen and oxygen atoms in total.